The first-order valence-electron chi connectivity index (χ1n) is 6.38. The molecule has 6 nitrogen and oxygen atoms in total. The lowest BCUT2D eigenvalue weighted by Crippen LogP contribution is -2.28. The molecule has 2 rings (SSSR count). The van der Waals surface area contributed by atoms with E-state index in [4.69, 9.17) is 0 Å². The van der Waals surface area contributed by atoms with Crippen LogP contribution < -0.4 is 10.6 Å². The molecule has 1 fully saturated rings. The van der Waals surface area contributed by atoms with Crippen LogP contribution in [0.1, 0.15) is 24.8 Å². The second kappa shape index (κ2) is 6.29. The number of rotatable bonds is 7. The number of hydrogen-bond acceptors (Lipinski definition) is 4. The molecule has 1 aromatic rings. The number of amides is 1. The van der Waals surface area contributed by atoms with E-state index >= 15 is 0 Å². The Morgan fingerprint density at radius 3 is 2.89 bits per heavy atom. The molecule has 1 aromatic carbocycles. The highest BCUT2D eigenvalue weighted by Gasteiger charge is 2.22. The lowest BCUT2D eigenvalue weighted by atomic mass is 10.2. The van der Waals surface area contributed by atoms with Crippen molar-refractivity contribution in [2.45, 2.75) is 31.8 Å². The fourth-order valence-electron chi connectivity index (χ4n) is 1.74. The van der Waals surface area contributed by atoms with E-state index in [9.17, 15) is 14.9 Å². The van der Waals surface area contributed by atoms with Crippen LogP contribution in [0.5, 0.6) is 0 Å². The van der Waals surface area contributed by atoms with Crippen molar-refractivity contribution < 1.29 is 9.72 Å². The third-order valence-corrected chi connectivity index (χ3v) is 2.92. The Bertz CT molecular complexity index is 472. The van der Waals surface area contributed by atoms with E-state index in [0.29, 0.717) is 25.6 Å². The molecule has 0 atom stereocenters. The molecule has 0 aromatic heterocycles. The summed E-state index contributed by atoms with van der Waals surface area (Å²) >= 11 is 0. The molecular weight excluding hydrogens is 246 g/mol. The number of carbonyl (C=O) groups excluding carboxylic acids is 1. The van der Waals surface area contributed by atoms with Crippen molar-refractivity contribution in [2.24, 2.45) is 0 Å². The standard InChI is InChI=1S/C13H17N3O3/c17-13(15-11-4-5-11)6-7-14-9-10-2-1-3-12(8-10)16(18)19/h1-3,8,11,14H,4-7,9H2,(H,15,17). The smallest absolute Gasteiger partial charge is 0.269 e. The number of nitro groups is 1. The number of benzene rings is 1. The summed E-state index contributed by atoms with van der Waals surface area (Å²) in [6.07, 6.45) is 2.62. The fourth-order valence-corrected chi connectivity index (χ4v) is 1.74. The van der Waals surface area contributed by atoms with Crippen LogP contribution in [0.15, 0.2) is 24.3 Å². The van der Waals surface area contributed by atoms with Gasteiger partial charge in [-0.2, -0.15) is 0 Å². The van der Waals surface area contributed by atoms with Gasteiger partial charge in [0.1, 0.15) is 0 Å². The Morgan fingerprint density at radius 1 is 1.42 bits per heavy atom. The van der Waals surface area contributed by atoms with E-state index in [-0.39, 0.29) is 11.6 Å². The van der Waals surface area contributed by atoms with Gasteiger partial charge in [-0.1, -0.05) is 12.1 Å². The average Bonchev–Trinajstić information content (AvgIpc) is 3.19. The van der Waals surface area contributed by atoms with Gasteiger partial charge in [-0.05, 0) is 18.4 Å². The van der Waals surface area contributed by atoms with E-state index in [1.807, 2.05) is 6.07 Å². The van der Waals surface area contributed by atoms with Crippen molar-refractivity contribution in [1.82, 2.24) is 10.6 Å². The number of nitrogens with one attached hydrogen (secondary N) is 2. The van der Waals surface area contributed by atoms with Crippen molar-refractivity contribution in [3.05, 3.63) is 39.9 Å². The first-order valence-corrected chi connectivity index (χ1v) is 6.38. The molecule has 0 aliphatic heterocycles. The fraction of sp³-hybridized carbons (Fsp3) is 0.462. The Balaban J connectivity index is 1.68. The molecule has 6 heteroatoms. The Labute approximate surface area is 111 Å². The molecule has 1 aliphatic rings. The van der Waals surface area contributed by atoms with Crippen LogP contribution in [0.4, 0.5) is 5.69 Å². The Hall–Kier alpha value is -1.95. The van der Waals surface area contributed by atoms with Gasteiger partial charge in [0, 0.05) is 37.7 Å². The molecule has 1 amide bonds. The van der Waals surface area contributed by atoms with Crippen LogP contribution in [0.3, 0.4) is 0 Å². The van der Waals surface area contributed by atoms with Gasteiger partial charge < -0.3 is 10.6 Å². The van der Waals surface area contributed by atoms with Crippen LogP contribution in [0.25, 0.3) is 0 Å². The van der Waals surface area contributed by atoms with Crippen molar-refractivity contribution >= 4 is 11.6 Å². The summed E-state index contributed by atoms with van der Waals surface area (Å²) in [6.45, 7) is 1.10. The first kappa shape index (κ1) is 13.5. The number of hydrogen-bond donors (Lipinski definition) is 2. The molecule has 0 bridgehead atoms. The van der Waals surface area contributed by atoms with Crippen LogP contribution >= 0.6 is 0 Å². The number of non-ortho nitro benzene ring substituents is 1. The van der Waals surface area contributed by atoms with Gasteiger partial charge in [-0.15, -0.1) is 0 Å². The summed E-state index contributed by atoms with van der Waals surface area (Å²) in [4.78, 5) is 21.6. The van der Waals surface area contributed by atoms with E-state index in [0.717, 1.165) is 18.4 Å². The monoisotopic (exact) mass is 263 g/mol. The van der Waals surface area contributed by atoms with Crippen molar-refractivity contribution in [2.75, 3.05) is 6.54 Å². The summed E-state index contributed by atoms with van der Waals surface area (Å²) in [6, 6.07) is 6.88. The summed E-state index contributed by atoms with van der Waals surface area (Å²) in [5, 5.41) is 16.6. The topological polar surface area (TPSA) is 84.3 Å². The molecule has 0 unspecified atom stereocenters. The molecule has 0 spiro atoms. The predicted molar refractivity (Wildman–Crippen MR) is 70.6 cm³/mol. The zero-order valence-corrected chi connectivity index (χ0v) is 10.6. The third kappa shape index (κ3) is 4.67. The zero-order valence-electron chi connectivity index (χ0n) is 10.6. The normalized spacial score (nSPS) is 14.1. The second-order valence-electron chi connectivity index (χ2n) is 4.70. The molecular formula is C13H17N3O3. The first-order chi connectivity index (χ1) is 9.15. The summed E-state index contributed by atoms with van der Waals surface area (Å²) in [5.41, 5.74) is 0.933. The molecule has 0 heterocycles. The lowest BCUT2D eigenvalue weighted by Gasteiger charge is -2.05. The summed E-state index contributed by atoms with van der Waals surface area (Å²) in [7, 11) is 0. The average molecular weight is 263 g/mol. The number of nitro benzene ring substituents is 1. The van der Waals surface area contributed by atoms with Crippen LogP contribution in [0.2, 0.25) is 0 Å². The third-order valence-electron chi connectivity index (χ3n) is 2.92. The molecule has 1 aliphatic carbocycles. The SMILES string of the molecule is O=C(CCNCc1cccc([N+](=O)[O-])c1)NC1CC1. The van der Waals surface area contributed by atoms with E-state index in [1.54, 1.807) is 6.07 Å². The Morgan fingerprint density at radius 2 is 2.21 bits per heavy atom. The van der Waals surface area contributed by atoms with Gasteiger partial charge in [-0.25, -0.2) is 0 Å². The van der Waals surface area contributed by atoms with E-state index in [1.165, 1.54) is 12.1 Å². The van der Waals surface area contributed by atoms with Gasteiger partial charge in [0.05, 0.1) is 4.92 Å². The molecule has 2 N–H and O–H groups in total. The largest absolute Gasteiger partial charge is 0.353 e. The Kier molecular flexibility index (Phi) is 4.46. The van der Waals surface area contributed by atoms with Crippen molar-refractivity contribution in [3.63, 3.8) is 0 Å². The van der Waals surface area contributed by atoms with E-state index in [2.05, 4.69) is 10.6 Å². The maximum Gasteiger partial charge on any atom is 0.269 e. The lowest BCUT2D eigenvalue weighted by molar-refractivity contribution is -0.384. The number of carbonyl (C=O) groups is 1. The maximum absolute atomic E-state index is 11.4. The van der Waals surface area contributed by atoms with E-state index < -0.39 is 4.92 Å². The minimum atomic E-state index is -0.410. The molecule has 0 saturated heterocycles. The van der Waals surface area contributed by atoms with Gasteiger partial charge in [0.25, 0.3) is 5.69 Å². The minimum absolute atomic E-state index is 0.0639. The highest BCUT2D eigenvalue weighted by atomic mass is 16.6. The summed E-state index contributed by atoms with van der Waals surface area (Å²) < 4.78 is 0. The van der Waals surface area contributed by atoms with Crippen LogP contribution in [-0.2, 0) is 11.3 Å². The molecule has 102 valence electrons. The molecule has 1 saturated carbocycles. The molecule has 0 radical (unpaired) electrons. The summed E-state index contributed by atoms with van der Waals surface area (Å²) in [5.74, 6) is 0.0639. The highest BCUT2D eigenvalue weighted by molar-refractivity contribution is 5.76. The van der Waals surface area contributed by atoms with Gasteiger partial charge in [0.2, 0.25) is 5.91 Å². The molecule has 19 heavy (non-hydrogen) atoms. The highest BCUT2D eigenvalue weighted by Crippen LogP contribution is 2.18. The zero-order chi connectivity index (χ0) is 13.7. The van der Waals surface area contributed by atoms with Crippen molar-refractivity contribution in [3.8, 4) is 0 Å². The van der Waals surface area contributed by atoms with Crippen LogP contribution in [0, 0.1) is 10.1 Å². The second-order valence-corrected chi connectivity index (χ2v) is 4.70. The quantitative estimate of drug-likeness (QED) is 0.442. The van der Waals surface area contributed by atoms with Gasteiger partial charge >= 0.3 is 0 Å². The van der Waals surface area contributed by atoms with Crippen LogP contribution in [-0.4, -0.2) is 23.4 Å². The maximum atomic E-state index is 11.4. The minimum Gasteiger partial charge on any atom is -0.353 e. The van der Waals surface area contributed by atoms with Crippen molar-refractivity contribution in [1.29, 1.82) is 0 Å². The van der Waals surface area contributed by atoms with Gasteiger partial charge in [0.15, 0.2) is 0 Å². The number of nitrogens with zero attached hydrogens (tertiary/aromatic N) is 1. The van der Waals surface area contributed by atoms with Gasteiger partial charge in [-0.3, -0.25) is 14.9 Å². The predicted octanol–water partition coefficient (Wildman–Crippen LogP) is 1.35.